The van der Waals surface area contributed by atoms with Gasteiger partial charge in [-0.3, -0.25) is 4.55 Å². The molecule has 0 bridgehead atoms. The summed E-state index contributed by atoms with van der Waals surface area (Å²) in [6, 6.07) is 0. The Labute approximate surface area is 29.4 Å². The third-order valence-corrected chi connectivity index (χ3v) is 0.335. The summed E-state index contributed by atoms with van der Waals surface area (Å²) in [5.74, 6) is 0. The predicted molar refractivity (Wildman–Crippen MR) is 19.2 cm³/mol. The molecule has 0 saturated carbocycles. The molecule has 1 unspecified atom stereocenters. The van der Waals surface area contributed by atoms with Gasteiger partial charge in [0.15, 0.2) is 0 Å². The van der Waals surface area contributed by atoms with Crippen molar-refractivity contribution in [2.75, 3.05) is 0 Å². The molecule has 1 atom stereocenters. The van der Waals surface area contributed by atoms with Crippen LogP contribution in [0.2, 0.25) is 0 Å². The number of hydrogen-bond donors (Lipinski definition) is 1. The molecule has 0 aliphatic carbocycles. The minimum atomic E-state index is -0.637. The molecular weight excluding hydrogens is 95.0 g/mol. The molecule has 0 heterocycles. The maximum atomic E-state index is 9.04. The van der Waals surface area contributed by atoms with Gasteiger partial charge in [-0.25, -0.2) is 0 Å². The van der Waals surface area contributed by atoms with Gasteiger partial charge < -0.3 is 0 Å². The fraction of sp³-hybridized carbons (Fsp3) is 0. The minimum Gasteiger partial charge on any atom is -0.289 e. The quantitative estimate of drug-likeness (QED) is 0.393. The van der Waals surface area contributed by atoms with Gasteiger partial charge in [-0.15, -0.1) is 0 Å². The normalized spacial score (nSPS) is 8.25. The molecule has 0 amide bonds. The Morgan fingerprint density at radius 2 is 2.25 bits per heavy atom. The Hall–Kier alpha value is 0.410. The van der Waals surface area contributed by atoms with E-state index in [1.807, 2.05) is 0 Å². The smallest absolute Gasteiger partial charge is 0.289 e. The molecule has 0 spiro atoms. The van der Waals surface area contributed by atoms with E-state index in [0.717, 1.165) is 0 Å². The second-order valence-corrected chi connectivity index (χ2v) is 1.57. The second-order valence-electron chi connectivity index (χ2n) is 0.175. The lowest BCUT2D eigenvalue weighted by Gasteiger charge is -1.36. The number of rotatable bonds is 1. The van der Waals surface area contributed by atoms with E-state index < -0.39 is 7.66 Å². The van der Waals surface area contributed by atoms with E-state index >= 15 is 0 Å². The van der Waals surface area contributed by atoms with E-state index in [1.54, 1.807) is 0 Å². The maximum absolute atomic E-state index is 9.04. The standard InChI is InChI=1S/HO2PS/c1-3-4-2/h2H/p+1. The molecule has 0 radical (unpaired) electrons. The summed E-state index contributed by atoms with van der Waals surface area (Å²) in [5.41, 5.74) is 0. The maximum Gasteiger partial charge on any atom is 0.426 e. The summed E-state index contributed by atoms with van der Waals surface area (Å²) in [6.45, 7) is 0. The zero-order valence-corrected chi connectivity index (χ0v) is 3.58. The van der Waals surface area contributed by atoms with Crippen molar-refractivity contribution in [3.8, 4) is 0 Å². The molecule has 0 aliphatic rings. The molecule has 4 heavy (non-hydrogen) atoms. The lowest BCUT2D eigenvalue weighted by molar-refractivity contribution is 0.602. The van der Waals surface area contributed by atoms with E-state index in [9.17, 15) is 0 Å². The fourth-order valence-corrected chi connectivity index (χ4v) is 0. The largest absolute Gasteiger partial charge is 0.426 e. The first-order chi connectivity index (χ1) is 1.91. The van der Waals surface area contributed by atoms with Crippen molar-refractivity contribution in [3.63, 3.8) is 0 Å². The Morgan fingerprint density at radius 3 is 2.25 bits per heavy atom. The summed E-state index contributed by atoms with van der Waals surface area (Å²) >= 11 is 0.329. The fourth-order valence-electron chi connectivity index (χ4n) is 0. The molecule has 0 aromatic carbocycles. The number of hydrogen-bond acceptors (Lipinski definition) is 3. The summed E-state index contributed by atoms with van der Waals surface area (Å²) in [7, 11) is -0.637. The molecule has 0 aromatic rings. The van der Waals surface area contributed by atoms with Crippen LogP contribution in [0.25, 0.3) is 0 Å². The first-order valence-corrected chi connectivity index (χ1v) is 3.00. The van der Waals surface area contributed by atoms with Gasteiger partial charge in [0.2, 0.25) is 0 Å². The predicted octanol–water partition coefficient (Wildman–Crippen LogP) is 1.13. The van der Waals surface area contributed by atoms with Crippen molar-refractivity contribution in [2.24, 2.45) is 0 Å². The van der Waals surface area contributed by atoms with Crippen LogP contribution < -0.4 is 0 Å². The van der Waals surface area contributed by atoms with Gasteiger partial charge in [0.1, 0.15) is 0 Å². The molecule has 2 nitrogen and oxygen atoms in total. The van der Waals surface area contributed by atoms with Crippen molar-refractivity contribution in [3.05, 3.63) is 0 Å². The van der Waals surface area contributed by atoms with Crippen LogP contribution in [0, 0.1) is 0 Å². The Morgan fingerprint density at radius 1 is 2.00 bits per heavy atom. The monoisotopic (exact) mass is 97.0 g/mol. The molecule has 24 valence electrons. The highest BCUT2D eigenvalue weighted by atomic mass is 32.7. The van der Waals surface area contributed by atoms with Crippen molar-refractivity contribution in [2.45, 2.75) is 0 Å². The van der Waals surface area contributed by atoms with E-state index in [-0.39, 0.29) is 0 Å². The van der Waals surface area contributed by atoms with Gasteiger partial charge in [0.25, 0.3) is 11.7 Å². The van der Waals surface area contributed by atoms with Crippen molar-refractivity contribution in [1.82, 2.24) is 0 Å². The van der Waals surface area contributed by atoms with E-state index in [0.29, 0.717) is 11.7 Å². The lowest BCUT2D eigenvalue weighted by Crippen LogP contribution is -1.16. The van der Waals surface area contributed by atoms with Gasteiger partial charge in [0.05, 0.1) is 0 Å². The summed E-state index contributed by atoms with van der Waals surface area (Å²) in [4.78, 5) is 0. The average Bonchev–Trinajstić information content (AvgIpc) is 1.37. The van der Waals surface area contributed by atoms with Gasteiger partial charge in [0, 0.05) is 0 Å². The van der Waals surface area contributed by atoms with Crippen LogP contribution in [0.1, 0.15) is 0 Å². The third-order valence-electron chi connectivity index (χ3n) is 0.0373. The minimum absolute atomic E-state index is 0.329. The van der Waals surface area contributed by atoms with Gasteiger partial charge in [-0.05, 0) is 0 Å². The van der Waals surface area contributed by atoms with Gasteiger partial charge in [-0.1, -0.05) is 4.57 Å². The van der Waals surface area contributed by atoms with Crippen LogP contribution in [0.5, 0.6) is 0 Å². The van der Waals surface area contributed by atoms with Gasteiger partial charge in [-0.2, -0.15) is 0 Å². The summed E-state index contributed by atoms with van der Waals surface area (Å²) < 4.78 is 16.5. The summed E-state index contributed by atoms with van der Waals surface area (Å²) in [5, 5.41) is 0. The zero-order chi connectivity index (χ0) is 3.41. The average molecular weight is 97.1 g/mol. The van der Waals surface area contributed by atoms with Crippen LogP contribution in [0.15, 0.2) is 0 Å². The van der Waals surface area contributed by atoms with E-state index in [4.69, 9.17) is 9.12 Å². The third kappa shape index (κ3) is 2.41. The zero-order valence-electron chi connectivity index (χ0n) is 1.76. The van der Waals surface area contributed by atoms with E-state index in [2.05, 4.69) is 0 Å². The van der Waals surface area contributed by atoms with Crippen molar-refractivity contribution >= 4 is 19.3 Å². The molecule has 4 heteroatoms. The molecule has 0 aliphatic heterocycles. The second kappa shape index (κ2) is 3.41. The van der Waals surface area contributed by atoms with Crippen LogP contribution >= 0.6 is 19.3 Å². The van der Waals surface area contributed by atoms with Crippen LogP contribution in [0.3, 0.4) is 0 Å². The Balaban J connectivity index is 2.30. The molecule has 1 N–H and O–H groups in total. The summed E-state index contributed by atoms with van der Waals surface area (Å²) in [6.07, 6.45) is 0. The van der Waals surface area contributed by atoms with Crippen molar-refractivity contribution in [1.29, 1.82) is 0 Å². The molecule has 0 saturated heterocycles. The Bertz CT molecular complexity index is 20.0. The van der Waals surface area contributed by atoms with Crippen molar-refractivity contribution < 1.29 is 9.12 Å². The lowest BCUT2D eigenvalue weighted by atomic mass is 15.9. The highest BCUT2D eigenvalue weighted by molar-refractivity contribution is 8.42. The van der Waals surface area contributed by atoms with Crippen LogP contribution in [0.4, 0.5) is 0 Å². The highest BCUT2D eigenvalue weighted by Gasteiger charge is 1.74. The Kier molecular flexibility index (Phi) is 3.76. The van der Waals surface area contributed by atoms with Gasteiger partial charge >= 0.3 is 7.66 Å². The molecule has 0 fully saturated rings. The van der Waals surface area contributed by atoms with Crippen LogP contribution in [-0.2, 0) is 4.57 Å². The first kappa shape index (κ1) is 4.41. The van der Waals surface area contributed by atoms with Crippen LogP contribution in [-0.4, -0.2) is 4.55 Å². The highest BCUT2D eigenvalue weighted by Crippen LogP contribution is 2.08. The molecule has 0 aromatic heterocycles. The van der Waals surface area contributed by atoms with E-state index in [1.165, 1.54) is 0 Å². The topological polar surface area (TPSA) is 37.3 Å². The molecular formula is H2O2PS+. The molecule has 0 rings (SSSR count). The first-order valence-electron chi connectivity index (χ1n) is 0.591. The SMILES string of the molecule is O=[PH+]SO.